The lowest BCUT2D eigenvalue weighted by Crippen LogP contribution is -2.34. The van der Waals surface area contributed by atoms with Gasteiger partial charge in [0.25, 0.3) is 0 Å². The molecule has 2 aliphatic rings. The van der Waals surface area contributed by atoms with E-state index in [1.165, 1.54) is 12.8 Å². The lowest BCUT2D eigenvalue weighted by molar-refractivity contribution is 0.374. The zero-order valence-electron chi connectivity index (χ0n) is 13.1. The Bertz CT molecular complexity index is 651. The highest BCUT2D eigenvalue weighted by molar-refractivity contribution is 5.33. The molecule has 0 N–H and O–H groups in total. The van der Waals surface area contributed by atoms with Gasteiger partial charge < -0.3 is 9.32 Å². The minimum atomic E-state index is 0.377. The summed E-state index contributed by atoms with van der Waals surface area (Å²) < 4.78 is 5.85. The third-order valence-electron chi connectivity index (χ3n) is 4.48. The van der Waals surface area contributed by atoms with Crippen molar-refractivity contribution in [2.75, 3.05) is 18.0 Å². The van der Waals surface area contributed by atoms with Crippen LogP contribution in [0.15, 0.2) is 10.5 Å². The first kappa shape index (κ1) is 13.7. The van der Waals surface area contributed by atoms with Gasteiger partial charge in [0.1, 0.15) is 0 Å². The van der Waals surface area contributed by atoms with Crippen molar-refractivity contribution < 1.29 is 4.42 Å². The Labute approximate surface area is 130 Å². The van der Waals surface area contributed by atoms with E-state index >= 15 is 0 Å². The molecule has 1 saturated heterocycles. The highest BCUT2D eigenvalue weighted by Gasteiger charge is 2.32. The first-order valence-electron chi connectivity index (χ1n) is 8.09. The minimum Gasteiger partial charge on any atom is -0.425 e. The summed E-state index contributed by atoms with van der Waals surface area (Å²) in [6.07, 6.45) is 4.43. The molecule has 0 spiro atoms. The van der Waals surface area contributed by atoms with Crippen LogP contribution in [0, 0.1) is 13.8 Å². The Morgan fingerprint density at radius 2 is 1.45 bits per heavy atom. The van der Waals surface area contributed by atoms with Gasteiger partial charge in [0, 0.05) is 36.3 Å². The van der Waals surface area contributed by atoms with Crippen molar-refractivity contribution in [3.63, 3.8) is 0 Å². The number of hydrogen-bond donors (Lipinski definition) is 0. The molecule has 1 saturated carbocycles. The van der Waals surface area contributed by atoms with E-state index in [2.05, 4.69) is 25.1 Å². The SMILES string of the molecule is Cc1cc(C)nc(N2CCC(c3nnc(C4CC4)o3)CC2)n1. The van der Waals surface area contributed by atoms with Crippen molar-refractivity contribution in [1.29, 1.82) is 0 Å². The van der Waals surface area contributed by atoms with Crippen molar-refractivity contribution in [3.8, 4) is 0 Å². The largest absolute Gasteiger partial charge is 0.425 e. The van der Waals surface area contributed by atoms with Gasteiger partial charge in [-0.25, -0.2) is 9.97 Å². The van der Waals surface area contributed by atoms with Crippen LogP contribution in [0.3, 0.4) is 0 Å². The minimum absolute atomic E-state index is 0.377. The standard InChI is InChI=1S/C16H21N5O/c1-10-9-11(2)18-16(17-10)21-7-5-13(6-8-21)15-20-19-14(22-15)12-3-4-12/h9,12-13H,3-8H2,1-2H3. The van der Waals surface area contributed by atoms with Crippen LogP contribution in [-0.2, 0) is 0 Å². The molecule has 4 rings (SSSR count). The van der Waals surface area contributed by atoms with E-state index in [0.717, 1.165) is 55.0 Å². The third kappa shape index (κ3) is 2.69. The van der Waals surface area contributed by atoms with E-state index in [1.807, 2.05) is 19.9 Å². The average molecular weight is 299 g/mol. The fourth-order valence-corrected chi connectivity index (χ4v) is 3.08. The van der Waals surface area contributed by atoms with Gasteiger partial charge in [-0.05, 0) is 45.6 Å². The van der Waals surface area contributed by atoms with Crippen LogP contribution in [0.1, 0.15) is 60.7 Å². The number of nitrogens with zero attached hydrogens (tertiary/aromatic N) is 5. The van der Waals surface area contributed by atoms with Crippen molar-refractivity contribution in [2.24, 2.45) is 0 Å². The van der Waals surface area contributed by atoms with Gasteiger partial charge in [-0.15, -0.1) is 10.2 Å². The molecule has 0 bridgehead atoms. The number of aryl methyl sites for hydroxylation is 2. The maximum Gasteiger partial charge on any atom is 0.225 e. The molecule has 0 radical (unpaired) electrons. The van der Waals surface area contributed by atoms with E-state index in [0.29, 0.717) is 11.8 Å². The molecule has 1 aliphatic heterocycles. The monoisotopic (exact) mass is 299 g/mol. The predicted octanol–water partition coefficient (Wildman–Crippen LogP) is 2.74. The summed E-state index contributed by atoms with van der Waals surface area (Å²) in [5.74, 6) is 3.42. The molecule has 0 aromatic carbocycles. The molecule has 3 heterocycles. The fourth-order valence-electron chi connectivity index (χ4n) is 3.08. The van der Waals surface area contributed by atoms with Crippen molar-refractivity contribution >= 4 is 5.95 Å². The highest BCUT2D eigenvalue weighted by Crippen LogP contribution is 2.40. The second-order valence-corrected chi connectivity index (χ2v) is 6.46. The molecule has 6 nitrogen and oxygen atoms in total. The molecule has 2 aromatic rings. The quantitative estimate of drug-likeness (QED) is 0.868. The molecule has 1 aliphatic carbocycles. The number of rotatable bonds is 3. The van der Waals surface area contributed by atoms with Crippen LogP contribution in [0.25, 0.3) is 0 Å². The molecular weight excluding hydrogens is 278 g/mol. The second kappa shape index (κ2) is 5.34. The Morgan fingerprint density at radius 3 is 2.00 bits per heavy atom. The third-order valence-corrected chi connectivity index (χ3v) is 4.48. The van der Waals surface area contributed by atoms with Crippen LogP contribution in [0.2, 0.25) is 0 Å². The summed E-state index contributed by atoms with van der Waals surface area (Å²) in [5, 5.41) is 8.46. The Kier molecular flexibility index (Phi) is 3.32. The Morgan fingerprint density at radius 1 is 0.909 bits per heavy atom. The van der Waals surface area contributed by atoms with Crippen molar-refractivity contribution in [2.45, 2.75) is 51.4 Å². The van der Waals surface area contributed by atoms with E-state index < -0.39 is 0 Å². The summed E-state index contributed by atoms with van der Waals surface area (Å²) in [6.45, 7) is 5.91. The summed E-state index contributed by atoms with van der Waals surface area (Å²) in [4.78, 5) is 11.4. The van der Waals surface area contributed by atoms with Gasteiger partial charge in [-0.1, -0.05) is 0 Å². The molecule has 22 heavy (non-hydrogen) atoms. The Hall–Kier alpha value is -1.98. The fraction of sp³-hybridized carbons (Fsp3) is 0.625. The second-order valence-electron chi connectivity index (χ2n) is 6.46. The summed E-state index contributed by atoms with van der Waals surface area (Å²) in [6, 6.07) is 2.01. The average Bonchev–Trinajstić information content (AvgIpc) is 3.24. The molecule has 116 valence electrons. The van der Waals surface area contributed by atoms with E-state index in [9.17, 15) is 0 Å². The normalized spacial score (nSPS) is 19.6. The number of anilines is 1. The first-order chi connectivity index (χ1) is 10.7. The smallest absolute Gasteiger partial charge is 0.225 e. The van der Waals surface area contributed by atoms with Crippen molar-refractivity contribution in [3.05, 3.63) is 29.2 Å². The number of aromatic nitrogens is 4. The maximum absolute atomic E-state index is 5.85. The number of piperidine rings is 1. The molecule has 0 amide bonds. The van der Waals surface area contributed by atoms with E-state index in [-0.39, 0.29) is 0 Å². The van der Waals surface area contributed by atoms with Crippen LogP contribution >= 0.6 is 0 Å². The van der Waals surface area contributed by atoms with Crippen LogP contribution < -0.4 is 4.90 Å². The zero-order valence-corrected chi connectivity index (χ0v) is 13.1. The lowest BCUT2D eigenvalue weighted by Gasteiger charge is -2.30. The molecule has 6 heteroatoms. The molecular formula is C16H21N5O. The molecule has 2 aromatic heterocycles. The van der Waals surface area contributed by atoms with E-state index in [4.69, 9.17) is 4.42 Å². The van der Waals surface area contributed by atoms with Gasteiger partial charge in [0.05, 0.1) is 0 Å². The summed E-state index contributed by atoms with van der Waals surface area (Å²) in [7, 11) is 0. The van der Waals surface area contributed by atoms with Gasteiger partial charge in [-0.2, -0.15) is 0 Å². The van der Waals surface area contributed by atoms with Crippen LogP contribution in [0.5, 0.6) is 0 Å². The maximum atomic E-state index is 5.85. The van der Waals surface area contributed by atoms with Gasteiger partial charge in [-0.3, -0.25) is 0 Å². The van der Waals surface area contributed by atoms with Crippen LogP contribution in [-0.4, -0.2) is 33.3 Å². The number of hydrogen-bond acceptors (Lipinski definition) is 6. The molecule has 2 fully saturated rings. The zero-order chi connectivity index (χ0) is 15.1. The molecule has 0 atom stereocenters. The van der Waals surface area contributed by atoms with Crippen LogP contribution in [0.4, 0.5) is 5.95 Å². The predicted molar refractivity (Wildman–Crippen MR) is 82.0 cm³/mol. The van der Waals surface area contributed by atoms with Gasteiger partial charge in [0.15, 0.2) is 0 Å². The van der Waals surface area contributed by atoms with E-state index in [1.54, 1.807) is 0 Å². The molecule has 0 unspecified atom stereocenters. The highest BCUT2D eigenvalue weighted by atomic mass is 16.4. The van der Waals surface area contributed by atoms with Gasteiger partial charge in [0.2, 0.25) is 17.7 Å². The first-order valence-corrected chi connectivity index (χ1v) is 8.09. The van der Waals surface area contributed by atoms with Gasteiger partial charge >= 0.3 is 0 Å². The summed E-state index contributed by atoms with van der Waals surface area (Å²) in [5.41, 5.74) is 2.05. The van der Waals surface area contributed by atoms with Crippen molar-refractivity contribution in [1.82, 2.24) is 20.2 Å². The summed E-state index contributed by atoms with van der Waals surface area (Å²) >= 11 is 0. The Balaban J connectivity index is 1.43. The topological polar surface area (TPSA) is 67.9 Å². The lowest BCUT2D eigenvalue weighted by atomic mass is 9.97.